The van der Waals surface area contributed by atoms with Crippen LogP contribution in [0.4, 0.5) is 4.39 Å². The van der Waals surface area contributed by atoms with Crippen LogP contribution in [-0.2, 0) is 0 Å². The molecule has 0 aliphatic heterocycles. The molecule has 0 atom stereocenters. The van der Waals surface area contributed by atoms with Gasteiger partial charge >= 0.3 is 0 Å². The van der Waals surface area contributed by atoms with Crippen LogP contribution in [0.1, 0.15) is 5.56 Å². The van der Waals surface area contributed by atoms with E-state index < -0.39 is 0 Å². The number of imidazole rings is 1. The van der Waals surface area contributed by atoms with Crippen LogP contribution in [0.15, 0.2) is 42.7 Å². The lowest BCUT2D eigenvalue weighted by Gasteiger charge is -1.97. The van der Waals surface area contributed by atoms with E-state index in [1.54, 1.807) is 12.1 Å². The summed E-state index contributed by atoms with van der Waals surface area (Å²) in [7, 11) is 0. The molecule has 0 amide bonds. The molecule has 1 aromatic carbocycles. The van der Waals surface area contributed by atoms with Crippen LogP contribution in [0.5, 0.6) is 0 Å². The third-order valence-electron chi connectivity index (χ3n) is 2.78. The fourth-order valence-electron chi connectivity index (χ4n) is 1.95. The lowest BCUT2D eigenvalue weighted by Crippen LogP contribution is -1.87. The Balaban J connectivity index is 2.19. The summed E-state index contributed by atoms with van der Waals surface area (Å²) in [6, 6.07) is 8.50. The predicted octanol–water partition coefficient (Wildman–Crippen LogP) is 4.05. The monoisotopic (exact) mass is 352 g/mol. The summed E-state index contributed by atoms with van der Waals surface area (Å²) < 4.78 is 16.0. The normalized spacial score (nSPS) is 11.1. The first-order chi connectivity index (χ1) is 8.63. The van der Waals surface area contributed by atoms with Gasteiger partial charge in [-0.2, -0.15) is 0 Å². The Kier molecular flexibility index (Phi) is 2.81. The summed E-state index contributed by atoms with van der Waals surface area (Å²) in [4.78, 5) is 4.59. The molecule has 0 radical (unpaired) electrons. The molecule has 18 heavy (non-hydrogen) atoms. The quantitative estimate of drug-likeness (QED) is 0.604. The van der Waals surface area contributed by atoms with E-state index in [1.165, 1.54) is 17.7 Å². The molecule has 3 rings (SSSR count). The number of aryl methyl sites for hydroxylation is 1. The van der Waals surface area contributed by atoms with Crippen LogP contribution in [0.2, 0.25) is 0 Å². The molecule has 0 bridgehead atoms. The van der Waals surface area contributed by atoms with Gasteiger partial charge in [0, 0.05) is 18.0 Å². The molecule has 0 aliphatic carbocycles. The Morgan fingerprint density at radius 3 is 2.61 bits per heavy atom. The molecule has 4 heteroatoms. The Morgan fingerprint density at radius 1 is 1.17 bits per heavy atom. The molecule has 0 unspecified atom stereocenters. The zero-order chi connectivity index (χ0) is 12.7. The number of hydrogen-bond donors (Lipinski definition) is 0. The first-order valence-corrected chi connectivity index (χ1v) is 6.62. The Bertz CT molecular complexity index is 716. The van der Waals surface area contributed by atoms with Crippen molar-refractivity contribution >= 4 is 28.2 Å². The van der Waals surface area contributed by atoms with Crippen molar-refractivity contribution in [1.82, 2.24) is 9.38 Å². The van der Waals surface area contributed by atoms with Gasteiger partial charge in [-0.05, 0) is 65.4 Å². The van der Waals surface area contributed by atoms with Crippen LogP contribution in [0.25, 0.3) is 16.9 Å². The van der Waals surface area contributed by atoms with Gasteiger partial charge in [0.25, 0.3) is 0 Å². The largest absolute Gasteiger partial charge is 0.305 e. The summed E-state index contributed by atoms with van der Waals surface area (Å²) in [5, 5.41) is 0. The number of halogens is 2. The molecular weight excluding hydrogens is 342 g/mol. The highest BCUT2D eigenvalue weighted by Gasteiger charge is 2.07. The highest BCUT2D eigenvalue weighted by Crippen LogP contribution is 2.22. The first kappa shape index (κ1) is 11.6. The molecule has 2 nitrogen and oxygen atoms in total. The van der Waals surface area contributed by atoms with E-state index >= 15 is 0 Å². The minimum absolute atomic E-state index is 0.229. The molecule has 2 aromatic heterocycles. The van der Waals surface area contributed by atoms with Crippen molar-refractivity contribution in [3.05, 3.63) is 57.7 Å². The number of rotatable bonds is 1. The molecule has 0 saturated carbocycles. The van der Waals surface area contributed by atoms with Gasteiger partial charge in [-0.15, -0.1) is 0 Å². The van der Waals surface area contributed by atoms with Crippen molar-refractivity contribution in [1.29, 1.82) is 0 Å². The highest BCUT2D eigenvalue weighted by atomic mass is 127. The topological polar surface area (TPSA) is 17.3 Å². The van der Waals surface area contributed by atoms with E-state index in [9.17, 15) is 4.39 Å². The number of fused-ring (bicyclic) bond motifs is 1. The van der Waals surface area contributed by atoms with Crippen molar-refractivity contribution < 1.29 is 4.39 Å². The van der Waals surface area contributed by atoms with Crippen molar-refractivity contribution in [3.63, 3.8) is 0 Å². The van der Waals surface area contributed by atoms with Gasteiger partial charge in [0.05, 0.1) is 9.26 Å². The van der Waals surface area contributed by atoms with Crippen molar-refractivity contribution in [3.8, 4) is 11.3 Å². The first-order valence-electron chi connectivity index (χ1n) is 5.54. The zero-order valence-corrected chi connectivity index (χ0v) is 11.8. The minimum Gasteiger partial charge on any atom is -0.305 e. The minimum atomic E-state index is -0.229. The number of pyridine rings is 1. The summed E-state index contributed by atoms with van der Waals surface area (Å²) >= 11 is 2.28. The lowest BCUT2D eigenvalue weighted by molar-refractivity contribution is 0.628. The third-order valence-corrected chi connectivity index (χ3v) is 3.58. The van der Waals surface area contributed by atoms with Crippen LogP contribution in [0, 0.1) is 16.3 Å². The fraction of sp³-hybridized carbons (Fsp3) is 0.0714. The third kappa shape index (κ3) is 2.01. The molecule has 0 saturated heterocycles. The average molecular weight is 352 g/mol. The number of hydrogen-bond acceptors (Lipinski definition) is 1. The van der Waals surface area contributed by atoms with Crippen LogP contribution < -0.4 is 0 Å². The van der Waals surface area contributed by atoms with Gasteiger partial charge in [0.2, 0.25) is 0 Å². The highest BCUT2D eigenvalue weighted by molar-refractivity contribution is 14.1. The Hall–Kier alpha value is -1.43. The smallest absolute Gasteiger partial charge is 0.150 e. The molecule has 0 aliphatic rings. The van der Waals surface area contributed by atoms with Gasteiger partial charge in [0.15, 0.2) is 5.65 Å². The van der Waals surface area contributed by atoms with E-state index in [0.29, 0.717) is 0 Å². The second kappa shape index (κ2) is 4.35. The molecule has 90 valence electrons. The SMILES string of the molecule is Cc1cc(I)c2nc(-c3ccc(F)cc3)cn2c1. The van der Waals surface area contributed by atoms with Gasteiger partial charge in [-0.3, -0.25) is 0 Å². The maximum Gasteiger partial charge on any atom is 0.150 e. The maximum atomic E-state index is 12.9. The summed E-state index contributed by atoms with van der Waals surface area (Å²) in [6.45, 7) is 2.05. The van der Waals surface area contributed by atoms with Crippen molar-refractivity contribution in [2.24, 2.45) is 0 Å². The van der Waals surface area contributed by atoms with E-state index in [-0.39, 0.29) is 5.82 Å². The number of benzene rings is 1. The van der Waals surface area contributed by atoms with Crippen molar-refractivity contribution in [2.75, 3.05) is 0 Å². The number of nitrogens with zero attached hydrogens (tertiary/aromatic N) is 2. The van der Waals surface area contributed by atoms with Crippen molar-refractivity contribution in [2.45, 2.75) is 6.92 Å². The lowest BCUT2D eigenvalue weighted by atomic mass is 10.2. The second-order valence-electron chi connectivity index (χ2n) is 4.23. The molecule has 0 spiro atoms. The van der Waals surface area contributed by atoms with Gasteiger partial charge in [0.1, 0.15) is 5.82 Å². The molecular formula is C14H10FIN2. The zero-order valence-electron chi connectivity index (χ0n) is 9.69. The van der Waals surface area contributed by atoms with Gasteiger partial charge < -0.3 is 4.40 Å². The van der Waals surface area contributed by atoms with Crippen LogP contribution >= 0.6 is 22.6 Å². The van der Waals surface area contributed by atoms with E-state index in [2.05, 4.69) is 40.6 Å². The Labute approximate surface area is 118 Å². The molecule has 0 N–H and O–H groups in total. The van der Waals surface area contributed by atoms with Crippen LogP contribution in [-0.4, -0.2) is 9.38 Å². The van der Waals surface area contributed by atoms with Crippen LogP contribution in [0.3, 0.4) is 0 Å². The summed E-state index contributed by atoms with van der Waals surface area (Å²) in [5.41, 5.74) is 3.91. The average Bonchev–Trinajstić information content (AvgIpc) is 2.74. The molecule has 3 aromatic rings. The Morgan fingerprint density at radius 2 is 1.89 bits per heavy atom. The summed E-state index contributed by atoms with van der Waals surface area (Å²) in [6.07, 6.45) is 4.01. The second-order valence-corrected chi connectivity index (χ2v) is 5.39. The van der Waals surface area contributed by atoms with E-state index in [0.717, 1.165) is 20.5 Å². The fourth-order valence-corrected chi connectivity index (χ4v) is 2.84. The summed E-state index contributed by atoms with van der Waals surface area (Å²) in [5.74, 6) is -0.229. The molecule has 2 heterocycles. The van der Waals surface area contributed by atoms with Gasteiger partial charge in [-0.25, -0.2) is 9.37 Å². The van der Waals surface area contributed by atoms with Gasteiger partial charge in [-0.1, -0.05) is 0 Å². The number of aromatic nitrogens is 2. The standard InChI is InChI=1S/C14H10FIN2/c1-9-6-12(16)14-17-13(8-18(14)7-9)10-2-4-11(15)5-3-10/h2-8H,1H3. The van der Waals surface area contributed by atoms with E-state index in [4.69, 9.17) is 0 Å². The van der Waals surface area contributed by atoms with E-state index in [1.807, 2.05) is 16.8 Å². The predicted molar refractivity (Wildman–Crippen MR) is 78.0 cm³/mol. The maximum absolute atomic E-state index is 12.9. The molecule has 0 fully saturated rings.